The quantitative estimate of drug-likeness (QED) is 0.822. The van der Waals surface area contributed by atoms with Crippen LogP contribution in [0.1, 0.15) is 6.42 Å². The summed E-state index contributed by atoms with van der Waals surface area (Å²) in [6.45, 7) is 4.32. The number of hydrogen-bond acceptors (Lipinski definition) is 3. The van der Waals surface area contributed by atoms with Gasteiger partial charge in [0.25, 0.3) is 0 Å². The van der Waals surface area contributed by atoms with Crippen molar-refractivity contribution in [1.29, 1.82) is 0 Å². The fourth-order valence-corrected chi connectivity index (χ4v) is 2.82. The second-order valence-electron chi connectivity index (χ2n) is 5.35. The Morgan fingerprint density at radius 2 is 1.85 bits per heavy atom. The number of piperazine rings is 1. The Kier molecular flexibility index (Phi) is 3.87. The second-order valence-corrected chi connectivity index (χ2v) is 5.35. The molecule has 1 amide bonds. The highest BCUT2D eigenvalue weighted by molar-refractivity contribution is 5.79. The molecule has 0 radical (unpaired) electrons. The highest BCUT2D eigenvalue weighted by Gasteiger charge is 2.30. The molecule has 2 fully saturated rings. The van der Waals surface area contributed by atoms with Crippen LogP contribution in [0.25, 0.3) is 0 Å². The molecule has 0 aromatic heterocycles. The van der Waals surface area contributed by atoms with Gasteiger partial charge in [0.2, 0.25) is 5.91 Å². The van der Waals surface area contributed by atoms with Gasteiger partial charge in [-0.1, -0.05) is 0 Å². The molecule has 1 aromatic rings. The Hall–Kier alpha value is -1.62. The summed E-state index contributed by atoms with van der Waals surface area (Å²) in [5, 5.41) is 0. The van der Waals surface area contributed by atoms with E-state index in [1.165, 1.54) is 12.1 Å². The van der Waals surface area contributed by atoms with Crippen molar-refractivity contribution in [3.63, 3.8) is 0 Å². The van der Waals surface area contributed by atoms with E-state index in [2.05, 4.69) is 4.90 Å². The van der Waals surface area contributed by atoms with Crippen LogP contribution in [0.5, 0.6) is 0 Å². The van der Waals surface area contributed by atoms with Crippen LogP contribution in [0.15, 0.2) is 24.3 Å². The van der Waals surface area contributed by atoms with E-state index < -0.39 is 0 Å². The van der Waals surface area contributed by atoms with Crippen LogP contribution in [0.3, 0.4) is 0 Å². The summed E-state index contributed by atoms with van der Waals surface area (Å²) in [6.07, 6.45) is 0.844. The third-order valence-electron chi connectivity index (χ3n) is 4.06. The molecule has 3 rings (SSSR count). The first-order chi connectivity index (χ1) is 9.74. The van der Waals surface area contributed by atoms with Crippen LogP contribution in [0.4, 0.5) is 10.1 Å². The number of halogens is 1. The fourth-order valence-electron chi connectivity index (χ4n) is 2.82. The Labute approximate surface area is 118 Å². The van der Waals surface area contributed by atoms with E-state index in [-0.39, 0.29) is 17.6 Å². The first kappa shape index (κ1) is 13.4. The summed E-state index contributed by atoms with van der Waals surface area (Å²) in [4.78, 5) is 16.4. The lowest BCUT2D eigenvalue weighted by molar-refractivity contribution is -0.135. The molecule has 5 heteroatoms. The van der Waals surface area contributed by atoms with Crippen molar-refractivity contribution < 1.29 is 13.9 Å². The number of carbonyl (C=O) groups excluding carboxylic acids is 1. The molecule has 20 heavy (non-hydrogen) atoms. The van der Waals surface area contributed by atoms with Crippen molar-refractivity contribution in [2.75, 3.05) is 44.3 Å². The Morgan fingerprint density at radius 3 is 2.45 bits per heavy atom. The third kappa shape index (κ3) is 2.77. The van der Waals surface area contributed by atoms with Gasteiger partial charge in [0.1, 0.15) is 5.82 Å². The zero-order valence-electron chi connectivity index (χ0n) is 11.4. The van der Waals surface area contributed by atoms with Crippen LogP contribution in [-0.2, 0) is 9.53 Å². The van der Waals surface area contributed by atoms with Crippen molar-refractivity contribution >= 4 is 11.6 Å². The molecule has 0 bridgehead atoms. The van der Waals surface area contributed by atoms with Crippen molar-refractivity contribution in [2.24, 2.45) is 5.92 Å². The van der Waals surface area contributed by atoms with Gasteiger partial charge in [-0.05, 0) is 30.7 Å². The first-order valence-electron chi connectivity index (χ1n) is 7.11. The molecule has 2 aliphatic rings. The molecule has 2 saturated heterocycles. The highest BCUT2D eigenvalue weighted by atomic mass is 19.1. The minimum absolute atomic E-state index is 0.0485. The van der Waals surface area contributed by atoms with Crippen LogP contribution >= 0.6 is 0 Å². The molecule has 1 unspecified atom stereocenters. The number of ether oxygens (including phenoxy) is 1. The SMILES string of the molecule is O=C(C1CCOC1)N1CCN(c2ccc(F)cc2)CC1. The van der Waals surface area contributed by atoms with Gasteiger partial charge < -0.3 is 14.5 Å². The number of hydrogen-bond donors (Lipinski definition) is 0. The molecule has 0 spiro atoms. The fraction of sp³-hybridized carbons (Fsp3) is 0.533. The number of amides is 1. The number of carbonyl (C=O) groups is 1. The summed E-state index contributed by atoms with van der Waals surface area (Å²) in [6, 6.07) is 6.53. The molecule has 108 valence electrons. The first-order valence-corrected chi connectivity index (χ1v) is 7.11. The van der Waals surface area contributed by atoms with Crippen molar-refractivity contribution in [3.8, 4) is 0 Å². The second kappa shape index (κ2) is 5.79. The van der Waals surface area contributed by atoms with E-state index >= 15 is 0 Å². The van der Waals surface area contributed by atoms with Gasteiger partial charge >= 0.3 is 0 Å². The number of anilines is 1. The van der Waals surface area contributed by atoms with E-state index in [1.807, 2.05) is 4.90 Å². The number of nitrogens with zero attached hydrogens (tertiary/aromatic N) is 2. The molecule has 0 N–H and O–H groups in total. The average Bonchev–Trinajstić information content (AvgIpc) is 3.02. The Bertz CT molecular complexity index is 463. The lowest BCUT2D eigenvalue weighted by Crippen LogP contribution is -2.50. The van der Waals surface area contributed by atoms with E-state index in [0.717, 1.165) is 38.3 Å². The molecule has 0 aliphatic carbocycles. The summed E-state index contributed by atoms with van der Waals surface area (Å²) >= 11 is 0. The maximum atomic E-state index is 12.9. The summed E-state index contributed by atoms with van der Waals surface area (Å²) < 4.78 is 18.2. The third-order valence-corrected chi connectivity index (χ3v) is 4.06. The lowest BCUT2D eigenvalue weighted by atomic mass is 10.1. The minimum Gasteiger partial charge on any atom is -0.381 e. The molecular weight excluding hydrogens is 259 g/mol. The molecule has 1 atom stereocenters. The molecule has 0 saturated carbocycles. The smallest absolute Gasteiger partial charge is 0.228 e. The average molecular weight is 278 g/mol. The monoisotopic (exact) mass is 278 g/mol. The number of rotatable bonds is 2. The number of benzene rings is 1. The van der Waals surface area contributed by atoms with Gasteiger partial charge in [0.05, 0.1) is 12.5 Å². The van der Waals surface area contributed by atoms with Crippen LogP contribution in [0, 0.1) is 11.7 Å². The van der Waals surface area contributed by atoms with E-state index in [1.54, 1.807) is 12.1 Å². The van der Waals surface area contributed by atoms with Gasteiger partial charge in [-0.2, -0.15) is 0 Å². The zero-order valence-corrected chi connectivity index (χ0v) is 11.4. The van der Waals surface area contributed by atoms with E-state index in [0.29, 0.717) is 13.2 Å². The van der Waals surface area contributed by atoms with Crippen LogP contribution in [0.2, 0.25) is 0 Å². The van der Waals surface area contributed by atoms with E-state index in [4.69, 9.17) is 4.74 Å². The van der Waals surface area contributed by atoms with Crippen molar-refractivity contribution in [1.82, 2.24) is 4.90 Å². The minimum atomic E-state index is -0.219. The lowest BCUT2D eigenvalue weighted by Gasteiger charge is -2.37. The van der Waals surface area contributed by atoms with Gasteiger partial charge in [-0.25, -0.2) is 4.39 Å². The molecule has 2 aliphatic heterocycles. The molecule has 2 heterocycles. The van der Waals surface area contributed by atoms with Gasteiger partial charge in [-0.3, -0.25) is 4.79 Å². The van der Waals surface area contributed by atoms with Crippen molar-refractivity contribution in [2.45, 2.75) is 6.42 Å². The van der Waals surface area contributed by atoms with Gasteiger partial charge in [-0.15, -0.1) is 0 Å². The van der Waals surface area contributed by atoms with Crippen molar-refractivity contribution in [3.05, 3.63) is 30.1 Å². The van der Waals surface area contributed by atoms with Gasteiger partial charge in [0, 0.05) is 38.5 Å². The summed E-state index contributed by atoms with van der Waals surface area (Å²) in [5.74, 6) is 0.0532. The van der Waals surface area contributed by atoms with Gasteiger partial charge in [0.15, 0.2) is 0 Å². The van der Waals surface area contributed by atoms with Crippen LogP contribution in [-0.4, -0.2) is 50.2 Å². The zero-order chi connectivity index (χ0) is 13.9. The van der Waals surface area contributed by atoms with E-state index in [9.17, 15) is 9.18 Å². The topological polar surface area (TPSA) is 32.8 Å². The summed E-state index contributed by atoms with van der Waals surface area (Å²) in [5.41, 5.74) is 1.02. The predicted molar refractivity (Wildman–Crippen MR) is 74.1 cm³/mol. The standard InChI is InChI=1S/C15H19FN2O2/c16-13-1-3-14(4-2-13)17-6-8-18(9-7-17)15(19)12-5-10-20-11-12/h1-4,12H,5-11H2. The molecular formula is C15H19FN2O2. The molecule has 1 aromatic carbocycles. The Balaban J connectivity index is 1.56. The highest BCUT2D eigenvalue weighted by Crippen LogP contribution is 2.20. The van der Waals surface area contributed by atoms with Crippen LogP contribution < -0.4 is 4.90 Å². The summed E-state index contributed by atoms with van der Waals surface area (Å²) in [7, 11) is 0. The normalized spacial score (nSPS) is 23.1. The predicted octanol–water partition coefficient (Wildman–Crippen LogP) is 1.51. The Morgan fingerprint density at radius 1 is 1.15 bits per heavy atom. The molecule has 4 nitrogen and oxygen atoms in total. The largest absolute Gasteiger partial charge is 0.381 e. The maximum Gasteiger partial charge on any atom is 0.228 e. The maximum absolute atomic E-state index is 12.9.